The number of hydrogen-bond acceptors (Lipinski definition) is 5. The van der Waals surface area contributed by atoms with Crippen LogP contribution >= 0.6 is 0 Å². The van der Waals surface area contributed by atoms with E-state index in [2.05, 4.69) is 16.9 Å². The summed E-state index contributed by atoms with van der Waals surface area (Å²) in [5, 5.41) is 0. The van der Waals surface area contributed by atoms with Crippen molar-refractivity contribution in [2.24, 2.45) is 0 Å². The van der Waals surface area contributed by atoms with Gasteiger partial charge in [0, 0.05) is 6.07 Å². The summed E-state index contributed by atoms with van der Waals surface area (Å²) < 4.78 is 5.44. The second-order valence-corrected chi connectivity index (χ2v) is 3.75. The van der Waals surface area contributed by atoms with Gasteiger partial charge in [0.25, 0.3) is 0 Å². The molecule has 0 aliphatic heterocycles. The molecule has 4 N–H and O–H groups in total. The number of nitrogens with two attached hydrogens (primary N) is 2. The Morgan fingerprint density at radius 1 is 1.12 bits per heavy atom. The summed E-state index contributed by atoms with van der Waals surface area (Å²) in [5.74, 6) is 0.954. The van der Waals surface area contributed by atoms with Crippen molar-refractivity contribution in [1.29, 1.82) is 0 Å². The Kier molecular flexibility index (Phi) is 5.39. The Bertz CT molecular complexity index is 297. The van der Waals surface area contributed by atoms with Crippen LogP contribution in [0.1, 0.15) is 39.0 Å². The molecule has 0 radical (unpaired) electrons. The summed E-state index contributed by atoms with van der Waals surface area (Å²) in [6.07, 6.45) is 6.01. The predicted octanol–water partition coefficient (Wildman–Crippen LogP) is 1.99. The fourth-order valence-corrected chi connectivity index (χ4v) is 1.42. The highest BCUT2D eigenvalue weighted by atomic mass is 16.5. The molecule has 0 unspecified atom stereocenters. The number of hydrogen-bond donors (Lipinski definition) is 2. The lowest BCUT2D eigenvalue weighted by atomic mass is 10.2. The molecule has 0 saturated carbocycles. The van der Waals surface area contributed by atoms with Crippen LogP contribution in [0.15, 0.2) is 6.07 Å². The van der Waals surface area contributed by atoms with E-state index < -0.39 is 0 Å². The van der Waals surface area contributed by atoms with Gasteiger partial charge in [-0.1, -0.05) is 32.6 Å². The van der Waals surface area contributed by atoms with Gasteiger partial charge in [-0.15, -0.1) is 0 Å². The Labute approximate surface area is 96.2 Å². The van der Waals surface area contributed by atoms with Gasteiger partial charge in [0.05, 0.1) is 6.61 Å². The van der Waals surface area contributed by atoms with Crippen LogP contribution in [0.4, 0.5) is 11.8 Å². The molecular formula is C11H20N4O. The number of anilines is 2. The maximum Gasteiger partial charge on any atom is 0.225 e. The molecule has 0 fully saturated rings. The van der Waals surface area contributed by atoms with Crippen LogP contribution in [-0.4, -0.2) is 16.6 Å². The zero-order chi connectivity index (χ0) is 11.8. The highest BCUT2D eigenvalue weighted by molar-refractivity contribution is 5.38. The van der Waals surface area contributed by atoms with Gasteiger partial charge in [0.15, 0.2) is 0 Å². The summed E-state index contributed by atoms with van der Waals surface area (Å²) in [7, 11) is 0. The second-order valence-electron chi connectivity index (χ2n) is 3.75. The highest BCUT2D eigenvalue weighted by Gasteiger charge is 2.00. The standard InChI is InChI=1S/C11H20N4O/c1-2-3-4-5-6-7-16-10-8-9(12)14-11(13)15-10/h8H,2-7H2,1H3,(H4,12,13,14,15). The van der Waals surface area contributed by atoms with E-state index in [9.17, 15) is 0 Å². The monoisotopic (exact) mass is 224 g/mol. The number of nitrogen functional groups attached to an aromatic ring is 2. The minimum atomic E-state index is 0.154. The zero-order valence-electron chi connectivity index (χ0n) is 9.78. The molecular weight excluding hydrogens is 204 g/mol. The van der Waals surface area contributed by atoms with Crippen LogP contribution in [0.3, 0.4) is 0 Å². The van der Waals surface area contributed by atoms with Crippen LogP contribution in [0.2, 0.25) is 0 Å². The van der Waals surface area contributed by atoms with E-state index in [1.54, 1.807) is 6.07 Å². The summed E-state index contributed by atoms with van der Waals surface area (Å²) in [5.41, 5.74) is 11.0. The molecule has 1 rings (SSSR count). The molecule has 0 aliphatic rings. The lowest BCUT2D eigenvalue weighted by Crippen LogP contribution is -2.04. The average Bonchev–Trinajstić information content (AvgIpc) is 2.22. The first-order valence-corrected chi connectivity index (χ1v) is 5.75. The lowest BCUT2D eigenvalue weighted by Gasteiger charge is -2.05. The van der Waals surface area contributed by atoms with Crippen molar-refractivity contribution in [2.75, 3.05) is 18.1 Å². The van der Waals surface area contributed by atoms with Gasteiger partial charge < -0.3 is 16.2 Å². The highest BCUT2D eigenvalue weighted by Crippen LogP contribution is 2.12. The van der Waals surface area contributed by atoms with Crippen LogP contribution < -0.4 is 16.2 Å². The van der Waals surface area contributed by atoms with Crippen molar-refractivity contribution in [1.82, 2.24) is 9.97 Å². The van der Waals surface area contributed by atoms with Crippen molar-refractivity contribution >= 4 is 11.8 Å². The summed E-state index contributed by atoms with van der Waals surface area (Å²) >= 11 is 0. The number of rotatable bonds is 7. The number of ether oxygens (including phenoxy) is 1. The first-order valence-electron chi connectivity index (χ1n) is 5.75. The third-order valence-corrected chi connectivity index (χ3v) is 2.24. The lowest BCUT2D eigenvalue weighted by molar-refractivity contribution is 0.293. The third kappa shape index (κ3) is 4.82. The molecule has 0 bridgehead atoms. The van der Waals surface area contributed by atoms with E-state index in [1.807, 2.05) is 0 Å². The number of nitrogens with zero attached hydrogens (tertiary/aromatic N) is 2. The minimum Gasteiger partial charge on any atom is -0.477 e. The number of aromatic nitrogens is 2. The Morgan fingerprint density at radius 2 is 1.88 bits per heavy atom. The van der Waals surface area contributed by atoms with Gasteiger partial charge >= 0.3 is 0 Å². The first kappa shape index (κ1) is 12.5. The van der Waals surface area contributed by atoms with Crippen molar-refractivity contribution in [3.05, 3.63) is 6.07 Å². The van der Waals surface area contributed by atoms with Crippen molar-refractivity contribution in [3.8, 4) is 5.88 Å². The van der Waals surface area contributed by atoms with Gasteiger partial charge in [0.2, 0.25) is 11.8 Å². The normalized spacial score (nSPS) is 10.3. The van der Waals surface area contributed by atoms with Gasteiger partial charge in [-0.3, -0.25) is 0 Å². The summed E-state index contributed by atoms with van der Waals surface area (Å²) in [4.78, 5) is 7.70. The molecule has 90 valence electrons. The van der Waals surface area contributed by atoms with E-state index >= 15 is 0 Å². The molecule has 1 aromatic heterocycles. The predicted molar refractivity (Wildman–Crippen MR) is 65.1 cm³/mol. The quantitative estimate of drug-likeness (QED) is 0.691. The van der Waals surface area contributed by atoms with Gasteiger partial charge in [-0.25, -0.2) is 0 Å². The molecule has 0 amide bonds. The van der Waals surface area contributed by atoms with E-state index in [0.29, 0.717) is 18.3 Å². The first-order chi connectivity index (χ1) is 7.72. The van der Waals surface area contributed by atoms with Crippen LogP contribution in [0.5, 0.6) is 5.88 Å². The maximum absolute atomic E-state index is 5.52. The van der Waals surface area contributed by atoms with Crippen LogP contribution in [0.25, 0.3) is 0 Å². The third-order valence-electron chi connectivity index (χ3n) is 2.24. The Hall–Kier alpha value is -1.52. The van der Waals surface area contributed by atoms with E-state index in [4.69, 9.17) is 16.2 Å². The van der Waals surface area contributed by atoms with Gasteiger partial charge in [-0.2, -0.15) is 9.97 Å². The van der Waals surface area contributed by atoms with E-state index in [0.717, 1.165) is 6.42 Å². The molecule has 0 spiro atoms. The fraction of sp³-hybridized carbons (Fsp3) is 0.636. The largest absolute Gasteiger partial charge is 0.477 e. The molecule has 5 heteroatoms. The van der Waals surface area contributed by atoms with E-state index in [-0.39, 0.29) is 5.95 Å². The van der Waals surface area contributed by atoms with E-state index in [1.165, 1.54) is 25.7 Å². The van der Waals surface area contributed by atoms with Gasteiger partial charge in [0.1, 0.15) is 5.82 Å². The maximum atomic E-state index is 5.52. The fourth-order valence-electron chi connectivity index (χ4n) is 1.42. The molecule has 0 aromatic carbocycles. The average molecular weight is 224 g/mol. The Morgan fingerprint density at radius 3 is 2.56 bits per heavy atom. The number of unbranched alkanes of at least 4 members (excludes halogenated alkanes) is 4. The molecule has 5 nitrogen and oxygen atoms in total. The van der Waals surface area contributed by atoms with Gasteiger partial charge in [-0.05, 0) is 6.42 Å². The van der Waals surface area contributed by atoms with Crippen molar-refractivity contribution < 1.29 is 4.74 Å². The molecule has 1 heterocycles. The molecule has 0 saturated heterocycles. The van der Waals surface area contributed by atoms with Crippen molar-refractivity contribution in [2.45, 2.75) is 39.0 Å². The van der Waals surface area contributed by atoms with Crippen LogP contribution in [-0.2, 0) is 0 Å². The molecule has 1 aromatic rings. The Balaban J connectivity index is 2.21. The van der Waals surface area contributed by atoms with Crippen molar-refractivity contribution in [3.63, 3.8) is 0 Å². The minimum absolute atomic E-state index is 0.154. The van der Waals surface area contributed by atoms with Crippen LogP contribution in [0, 0.1) is 0 Å². The SMILES string of the molecule is CCCCCCCOc1cc(N)nc(N)n1. The smallest absolute Gasteiger partial charge is 0.225 e. The molecule has 0 aliphatic carbocycles. The molecule has 16 heavy (non-hydrogen) atoms. The summed E-state index contributed by atoms with van der Waals surface area (Å²) in [6, 6.07) is 1.59. The zero-order valence-corrected chi connectivity index (χ0v) is 9.78. The summed E-state index contributed by atoms with van der Waals surface area (Å²) in [6.45, 7) is 2.85. The topological polar surface area (TPSA) is 87.0 Å². The second kappa shape index (κ2) is 6.87. The molecule has 0 atom stereocenters.